The molecule has 0 amide bonds. The van der Waals surface area contributed by atoms with Gasteiger partial charge < -0.3 is 10.5 Å². The number of anilines is 1. The van der Waals surface area contributed by atoms with Gasteiger partial charge in [-0.1, -0.05) is 15.9 Å². The summed E-state index contributed by atoms with van der Waals surface area (Å²) in [4.78, 5) is 11.5. The number of rotatable bonds is 4. The number of carbonyl (C=O) groups excluding carboxylic acids is 1. The molecule has 0 saturated heterocycles. The number of halogens is 1. The summed E-state index contributed by atoms with van der Waals surface area (Å²) in [5, 5.41) is 0. The van der Waals surface area contributed by atoms with Gasteiger partial charge in [0.2, 0.25) is 0 Å². The van der Waals surface area contributed by atoms with E-state index in [9.17, 15) is 4.79 Å². The van der Waals surface area contributed by atoms with Crippen LogP contribution in [0.15, 0.2) is 18.2 Å². The Hall–Kier alpha value is -1.03. The number of ketones is 1. The predicted octanol–water partition coefficient (Wildman–Crippen LogP) is 2.63. The van der Waals surface area contributed by atoms with Gasteiger partial charge in [0, 0.05) is 5.56 Å². The molecule has 4 heteroatoms. The van der Waals surface area contributed by atoms with E-state index >= 15 is 0 Å². The van der Waals surface area contributed by atoms with Gasteiger partial charge in [-0.05, 0) is 32.0 Å². The lowest BCUT2D eigenvalue weighted by Gasteiger charge is -2.09. The van der Waals surface area contributed by atoms with Gasteiger partial charge in [0.05, 0.1) is 17.1 Å². The Morgan fingerprint density at radius 2 is 2.27 bits per heavy atom. The number of alkyl halides is 1. The molecule has 0 bridgehead atoms. The van der Waals surface area contributed by atoms with Gasteiger partial charge in [0.1, 0.15) is 5.75 Å². The average Bonchev–Trinajstić information content (AvgIpc) is 2.20. The van der Waals surface area contributed by atoms with Crippen molar-refractivity contribution in [1.82, 2.24) is 0 Å². The Bertz CT molecular complexity index is 364. The predicted molar refractivity (Wildman–Crippen MR) is 64.7 cm³/mol. The van der Waals surface area contributed by atoms with E-state index < -0.39 is 0 Å². The van der Waals surface area contributed by atoms with Gasteiger partial charge >= 0.3 is 0 Å². The Morgan fingerprint density at radius 1 is 1.60 bits per heavy atom. The number of Topliss-reactive ketones (excluding diaryl/α,β-unsaturated/α-hetero) is 1. The van der Waals surface area contributed by atoms with Crippen molar-refractivity contribution in [3.8, 4) is 5.75 Å². The van der Waals surface area contributed by atoms with Crippen molar-refractivity contribution >= 4 is 27.4 Å². The quantitative estimate of drug-likeness (QED) is 0.520. The van der Waals surface area contributed by atoms with E-state index in [0.717, 1.165) is 0 Å². The van der Waals surface area contributed by atoms with E-state index in [2.05, 4.69) is 15.9 Å². The van der Waals surface area contributed by atoms with Crippen LogP contribution >= 0.6 is 15.9 Å². The standard InChI is InChI=1S/C11H14BrNO2/c1-3-15-10-6-8(4-5-9(10)13)11(14)7(2)12/h4-7H,3,13H2,1-2H3. The third kappa shape index (κ3) is 2.96. The first-order valence-corrected chi connectivity index (χ1v) is 5.68. The van der Waals surface area contributed by atoms with Crippen LogP contribution in [0.3, 0.4) is 0 Å². The molecule has 0 aliphatic heterocycles. The van der Waals surface area contributed by atoms with Crippen LogP contribution in [0.2, 0.25) is 0 Å². The molecule has 1 unspecified atom stereocenters. The second kappa shape index (κ2) is 5.16. The molecule has 0 saturated carbocycles. The molecule has 0 heterocycles. The Morgan fingerprint density at radius 3 is 2.80 bits per heavy atom. The second-order valence-corrected chi connectivity index (χ2v) is 4.54. The van der Waals surface area contributed by atoms with Crippen molar-refractivity contribution in [2.75, 3.05) is 12.3 Å². The summed E-state index contributed by atoms with van der Waals surface area (Å²) in [6.45, 7) is 4.20. The van der Waals surface area contributed by atoms with Crippen molar-refractivity contribution in [2.45, 2.75) is 18.7 Å². The molecule has 0 radical (unpaired) electrons. The Kier molecular flexibility index (Phi) is 4.15. The zero-order valence-corrected chi connectivity index (χ0v) is 10.4. The molecule has 1 aromatic carbocycles. The molecular formula is C11H14BrNO2. The smallest absolute Gasteiger partial charge is 0.176 e. The molecule has 0 aliphatic rings. The Balaban J connectivity index is 3.01. The van der Waals surface area contributed by atoms with Gasteiger partial charge in [-0.25, -0.2) is 0 Å². The zero-order chi connectivity index (χ0) is 11.4. The largest absolute Gasteiger partial charge is 0.492 e. The highest BCUT2D eigenvalue weighted by atomic mass is 79.9. The van der Waals surface area contributed by atoms with E-state index in [1.165, 1.54) is 0 Å². The van der Waals surface area contributed by atoms with Crippen molar-refractivity contribution in [1.29, 1.82) is 0 Å². The van der Waals surface area contributed by atoms with Crippen molar-refractivity contribution < 1.29 is 9.53 Å². The zero-order valence-electron chi connectivity index (χ0n) is 8.79. The fourth-order valence-corrected chi connectivity index (χ4v) is 1.46. The lowest BCUT2D eigenvalue weighted by molar-refractivity contribution is 0.0995. The molecule has 0 spiro atoms. The number of hydrogen-bond acceptors (Lipinski definition) is 3. The fourth-order valence-electron chi connectivity index (χ4n) is 1.20. The van der Waals surface area contributed by atoms with Crippen LogP contribution in [0.5, 0.6) is 5.75 Å². The van der Waals surface area contributed by atoms with E-state index in [1.54, 1.807) is 25.1 Å². The summed E-state index contributed by atoms with van der Waals surface area (Å²) in [7, 11) is 0. The van der Waals surface area contributed by atoms with E-state index in [4.69, 9.17) is 10.5 Å². The van der Waals surface area contributed by atoms with Crippen LogP contribution in [0.25, 0.3) is 0 Å². The lowest BCUT2D eigenvalue weighted by atomic mass is 10.1. The van der Waals surface area contributed by atoms with Gasteiger partial charge in [0.15, 0.2) is 5.78 Å². The second-order valence-electron chi connectivity index (χ2n) is 3.17. The molecular weight excluding hydrogens is 258 g/mol. The third-order valence-corrected chi connectivity index (χ3v) is 2.38. The number of benzene rings is 1. The molecule has 1 aromatic rings. The number of ether oxygens (including phenoxy) is 1. The van der Waals surface area contributed by atoms with Crippen LogP contribution in [-0.2, 0) is 0 Å². The maximum Gasteiger partial charge on any atom is 0.176 e. The minimum absolute atomic E-state index is 0.0240. The number of nitrogen functional groups attached to an aromatic ring is 1. The summed E-state index contributed by atoms with van der Waals surface area (Å²) >= 11 is 3.24. The minimum atomic E-state index is -0.199. The van der Waals surface area contributed by atoms with Crippen LogP contribution in [0.1, 0.15) is 24.2 Å². The third-order valence-electron chi connectivity index (χ3n) is 1.96. The van der Waals surface area contributed by atoms with Gasteiger partial charge in [-0.2, -0.15) is 0 Å². The topological polar surface area (TPSA) is 52.3 Å². The SMILES string of the molecule is CCOc1cc(C(=O)C(C)Br)ccc1N. The molecule has 3 nitrogen and oxygen atoms in total. The van der Waals surface area contributed by atoms with E-state index in [0.29, 0.717) is 23.6 Å². The van der Waals surface area contributed by atoms with Crippen LogP contribution < -0.4 is 10.5 Å². The highest BCUT2D eigenvalue weighted by molar-refractivity contribution is 9.10. The maximum absolute atomic E-state index is 11.7. The number of carbonyl (C=O) groups is 1. The van der Waals surface area contributed by atoms with Crippen LogP contribution in [0.4, 0.5) is 5.69 Å². The van der Waals surface area contributed by atoms with Gasteiger partial charge in [-0.3, -0.25) is 4.79 Å². The van der Waals surface area contributed by atoms with Crippen molar-refractivity contribution in [2.24, 2.45) is 0 Å². The minimum Gasteiger partial charge on any atom is -0.492 e. The molecule has 0 aromatic heterocycles. The monoisotopic (exact) mass is 271 g/mol. The first-order chi connectivity index (χ1) is 7.06. The van der Waals surface area contributed by atoms with E-state index in [-0.39, 0.29) is 10.6 Å². The molecule has 82 valence electrons. The highest BCUT2D eigenvalue weighted by Gasteiger charge is 2.13. The van der Waals surface area contributed by atoms with Gasteiger partial charge in [0.25, 0.3) is 0 Å². The Labute approximate surface area is 97.7 Å². The molecule has 0 aliphatic carbocycles. The van der Waals surface area contributed by atoms with Crippen LogP contribution in [0, 0.1) is 0 Å². The average molecular weight is 272 g/mol. The fraction of sp³-hybridized carbons (Fsp3) is 0.364. The summed E-state index contributed by atoms with van der Waals surface area (Å²) in [5.74, 6) is 0.590. The van der Waals surface area contributed by atoms with Gasteiger partial charge in [-0.15, -0.1) is 0 Å². The lowest BCUT2D eigenvalue weighted by Crippen LogP contribution is -2.10. The number of nitrogens with two attached hydrogens (primary N) is 1. The summed E-state index contributed by atoms with van der Waals surface area (Å²) in [6, 6.07) is 5.07. The normalized spacial score (nSPS) is 12.2. The maximum atomic E-state index is 11.7. The number of hydrogen-bond donors (Lipinski definition) is 1. The molecule has 2 N–H and O–H groups in total. The van der Waals surface area contributed by atoms with E-state index in [1.807, 2.05) is 6.92 Å². The first kappa shape index (κ1) is 12.0. The van der Waals surface area contributed by atoms with Crippen molar-refractivity contribution in [3.05, 3.63) is 23.8 Å². The molecule has 15 heavy (non-hydrogen) atoms. The van der Waals surface area contributed by atoms with Crippen molar-refractivity contribution in [3.63, 3.8) is 0 Å². The highest BCUT2D eigenvalue weighted by Crippen LogP contribution is 2.24. The molecule has 1 rings (SSSR count). The molecule has 0 fully saturated rings. The summed E-state index contributed by atoms with van der Waals surface area (Å²) < 4.78 is 5.31. The summed E-state index contributed by atoms with van der Waals surface area (Å²) in [5.41, 5.74) is 6.86. The first-order valence-electron chi connectivity index (χ1n) is 4.76. The van der Waals surface area contributed by atoms with Crippen LogP contribution in [-0.4, -0.2) is 17.2 Å². The molecule has 1 atom stereocenters. The summed E-state index contributed by atoms with van der Waals surface area (Å²) in [6.07, 6.45) is 0.